The van der Waals surface area contributed by atoms with Crippen molar-refractivity contribution in [2.24, 2.45) is 0 Å². The standard InChI is InChI=1S/C15H21ClN2O3/c1-4-7-18(9-14(19)20)11(3)15(21)17-13-8-12(16)6-5-10(13)2/h5-6,8,11H,4,7,9H2,1-3H3,(H,17,21)(H,19,20). The zero-order valence-corrected chi connectivity index (χ0v) is 13.3. The number of aryl methyl sites for hydroxylation is 1. The van der Waals surface area contributed by atoms with Crippen LogP contribution >= 0.6 is 11.6 Å². The third kappa shape index (κ3) is 5.36. The summed E-state index contributed by atoms with van der Waals surface area (Å²) < 4.78 is 0. The second-order valence-corrected chi connectivity index (χ2v) is 5.43. The minimum absolute atomic E-state index is 0.156. The Balaban J connectivity index is 2.80. The number of benzene rings is 1. The van der Waals surface area contributed by atoms with Crippen LogP contribution in [0.15, 0.2) is 18.2 Å². The first-order valence-corrected chi connectivity index (χ1v) is 7.25. The van der Waals surface area contributed by atoms with Gasteiger partial charge in [-0.1, -0.05) is 24.6 Å². The highest BCUT2D eigenvalue weighted by Crippen LogP contribution is 2.20. The van der Waals surface area contributed by atoms with Crippen molar-refractivity contribution in [3.63, 3.8) is 0 Å². The number of nitrogens with one attached hydrogen (secondary N) is 1. The molecule has 0 aliphatic rings. The molecular weight excluding hydrogens is 292 g/mol. The molecule has 21 heavy (non-hydrogen) atoms. The number of halogens is 1. The van der Waals surface area contributed by atoms with Gasteiger partial charge >= 0.3 is 5.97 Å². The molecule has 1 atom stereocenters. The van der Waals surface area contributed by atoms with E-state index in [0.29, 0.717) is 17.3 Å². The van der Waals surface area contributed by atoms with Gasteiger partial charge in [0.15, 0.2) is 0 Å². The fraction of sp³-hybridized carbons (Fsp3) is 0.467. The number of carbonyl (C=O) groups is 2. The normalized spacial score (nSPS) is 12.2. The van der Waals surface area contributed by atoms with Gasteiger partial charge in [-0.05, 0) is 44.5 Å². The van der Waals surface area contributed by atoms with Crippen LogP contribution in [-0.2, 0) is 9.59 Å². The predicted molar refractivity (Wildman–Crippen MR) is 83.8 cm³/mol. The Morgan fingerprint density at radius 1 is 1.43 bits per heavy atom. The van der Waals surface area contributed by atoms with Gasteiger partial charge in [-0.3, -0.25) is 14.5 Å². The highest BCUT2D eigenvalue weighted by atomic mass is 35.5. The second-order valence-electron chi connectivity index (χ2n) is 4.99. The largest absolute Gasteiger partial charge is 0.480 e. The van der Waals surface area contributed by atoms with Gasteiger partial charge in [-0.2, -0.15) is 0 Å². The van der Waals surface area contributed by atoms with E-state index in [1.807, 2.05) is 19.9 Å². The maximum Gasteiger partial charge on any atom is 0.317 e. The SMILES string of the molecule is CCCN(CC(=O)O)C(C)C(=O)Nc1cc(Cl)ccc1C. The quantitative estimate of drug-likeness (QED) is 0.812. The molecule has 0 aliphatic carbocycles. The number of carbonyl (C=O) groups excluding carboxylic acids is 1. The van der Waals surface area contributed by atoms with Crippen molar-refractivity contribution in [3.8, 4) is 0 Å². The number of hydrogen-bond acceptors (Lipinski definition) is 3. The van der Waals surface area contributed by atoms with E-state index in [9.17, 15) is 9.59 Å². The van der Waals surface area contributed by atoms with Crippen molar-refractivity contribution in [1.82, 2.24) is 4.90 Å². The average Bonchev–Trinajstić information content (AvgIpc) is 2.41. The lowest BCUT2D eigenvalue weighted by molar-refractivity contribution is -0.139. The third-order valence-electron chi connectivity index (χ3n) is 3.23. The highest BCUT2D eigenvalue weighted by Gasteiger charge is 2.23. The predicted octanol–water partition coefficient (Wildman–Crippen LogP) is 2.77. The Bertz CT molecular complexity index is 520. The number of amides is 1. The third-order valence-corrected chi connectivity index (χ3v) is 3.47. The summed E-state index contributed by atoms with van der Waals surface area (Å²) in [6, 6.07) is 4.73. The summed E-state index contributed by atoms with van der Waals surface area (Å²) in [6.07, 6.45) is 0.779. The van der Waals surface area contributed by atoms with Crippen LogP contribution in [0, 0.1) is 6.92 Å². The van der Waals surface area contributed by atoms with Crippen LogP contribution in [0.2, 0.25) is 5.02 Å². The van der Waals surface area contributed by atoms with E-state index in [1.165, 1.54) is 0 Å². The molecule has 0 aromatic heterocycles. The molecule has 116 valence electrons. The Morgan fingerprint density at radius 2 is 2.10 bits per heavy atom. The average molecular weight is 313 g/mol. The molecule has 1 amide bonds. The lowest BCUT2D eigenvalue weighted by atomic mass is 10.2. The van der Waals surface area contributed by atoms with Crippen LogP contribution in [0.5, 0.6) is 0 Å². The molecule has 0 saturated heterocycles. The molecule has 0 saturated carbocycles. The zero-order chi connectivity index (χ0) is 16.0. The summed E-state index contributed by atoms with van der Waals surface area (Å²) in [6.45, 7) is 5.92. The molecule has 0 fully saturated rings. The van der Waals surface area contributed by atoms with Gasteiger partial charge in [0.2, 0.25) is 5.91 Å². The molecule has 0 spiro atoms. The van der Waals surface area contributed by atoms with E-state index in [2.05, 4.69) is 5.32 Å². The van der Waals surface area contributed by atoms with E-state index in [1.54, 1.807) is 24.0 Å². The molecule has 5 nitrogen and oxygen atoms in total. The van der Waals surface area contributed by atoms with E-state index in [4.69, 9.17) is 16.7 Å². The van der Waals surface area contributed by atoms with Gasteiger partial charge in [0.25, 0.3) is 0 Å². The molecule has 2 N–H and O–H groups in total. The van der Waals surface area contributed by atoms with E-state index in [0.717, 1.165) is 12.0 Å². The van der Waals surface area contributed by atoms with Gasteiger partial charge in [-0.15, -0.1) is 0 Å². The van der Waals surface area contributed by atoms with Crippen molar-refractivity contribution in [3.05, 3.63) is 28.8 Å². The number of nitrogens with zero attached hydrogens (tertiary/aromatic N) is 1. The van der Waals surface area contributed by atoms with Crippen LogP contribution in [0.1, 0.15) is 25.8 Å². The summed E-state index contributed by atoms with van der Waals surface area (Å²) in [5.41, 5.74) is 1.55. The summed E-state index contributed by atoms with van der Waals surface area (Å²) in [7, 11) is 0. The summed E-state index contributed by atoms with van der Waals surface area (Å²) in [5, 5.41) is 12.3. The first-order chi connectivity index (χ1) is 9.85. The second kappa shape index (κ2) is 8.00. The molecule has 0 heterocycles. The fourth-order valence-corrected chi connectivity index (χ4v) is 2.17. The molecule has 1 aromatic rings. The van der Waals surface area contributed by atoms with Crippen molar-refractivity contribution in [1.29, 1.82) is 0 Å². The Morgan fingerprint density at radius 3 is 2.67 bits per heavy atom. The van der Waals surface area contributed by atoms with Crippen LogP contribution < -0.4 is 5.32 Å². The van der Waals surface area contributed by atoms with E-state index < -0.39 is 12.0 Å². The van der Waals surface area contributed by atoms with E-state index in [-0.39, 0.29) is 12.5 Å². The molecule has 1 unspecified atom stereocenters. The molecule has 0 aliphatic heterocycles. The fourth-order valence-electron chi connectivity index (χ4n) is 2.00. The van der Waals surface area contributed by atoms with Crippen molar-refractivity contribution < 1.29 is 14.7 Å². The smallest absolute Gasteiger partial charge is 0.317 e. The van der Waals surface area contributed by atoms with Gasteiger partial charge in [0, 0.05) is 10.7 Å². The molecule has 1 aromatic carbocycles. The van der Waals surface area contributed by atoms with Gasteiger partial charge in [0.05, 0.1) is 12.6 Å². The van der Waals surface area contributed by atoms with Crippen molar-refractivity contribution in [2.75, 3.05) is 18.4 Å². The first kappa shape index (κ1) is 17.5. The maximum atomic E-state index is 12.3. The summed E-state index contributed by atoms with van der Waals surface area (Å²) in [5.74, 6) is -1.18. The van der Waals surface area contributed by atoms with Crippen molar-refractivity contribution in [2.45, 2.75) is 33.2 Å². The minimum Gasteiger partial charge on any atom is -0.480 e. The Kier molecular flexibility index (Phi) is 6.65. The number of aliphatic carboxylic acids is 1. The van der Waals surface area contributed by atoms with Gasteiger partial charge in [-0.25, -0.2) is 0 Å². The highest BCUT2D eigenvalue weighted by molar-refractivity contribution is 6.31. The summed E-state index contributed by atoms with van der Waals surface area (Å²) >= 11 is 5.92. The number of carboxylic acids is 1. The number of rotatable bonds is 7. The van der Waals surface area contributed by atoms with Crippen molar-refractivity contribution >= 4 is 29.2 Å². The van der Waals surface area contributed by atoms with Crippen LogP contribution in [0.3, 0.4) is 0 Å². The Hall–Kier alpha value is -1.59. The molecular formula is C15H21ClN2O3. The number of carboxylic acid groups (broad SMARTS) is 1. The Labute approximate surface area is 129 Å². The lowest BCUT2D eigenvalue weighted by Crippen LogP contribution is -2.45. The van der Waals surface area contributed by atoms with Crippen LogP contribution in [-0.4, -0.2) is 41.0 Å². The first-order valence-electron chi connectivity index (χ1n) is 6.88. The van der Waals surface area contributed by atoms with Gasteiger partial charge < -0.3 is 10.4 Å². The van der Waals surface area contributed by atoms with Crippen LogP contribution in [0.4, 0.5) is 5.69 Å². The van der Waals surface area contributed by atoms with E-state index >= 15 is 0 Å². The maximum absolute atomic E-state index is 12.3. The minimum atomic E-state index is -0.943. The number of anilines is 1. The van der Waals surface area contributed by atoms with Gasteiger partial charge in [0.1, 0.15) is 0 Å². The number of hydrogen-bond donors (Lipinski definition) is 2. The monoisotopic (exact) mass is 312 g/mol. The zero-order valence-electron chi connectivity index (χ0n) is 12.5. The van der Waals surface area contributed by atoms with Crippen LogP contribution in [0.25, 0.3) is 0 Å². The topological polar surface area (TPSA) is 69.6 Å². The molecule has 0 bridgehead atoms. The summed E-state index contributed by atoms with van der Waals surface area (Å²) in [4.78, 5) is 24.8. The molecule has 6 heteroatoms. The lowest BCUT2D eigenvalue weighted by Gasteiger charge is -2.26. The molecule has 1 rings (SSSR count). The molecule has 0 radical (unpaired) electrons.